The molecule has 0 aromatic rings. The number of hydrogen-bond donors (Lipinski definition) is 2. The maximum Gasteiger partial charge on any atom is 0.407 e. The van der Waals surface area contributed by atoms with Crippen LogP contribution in [-0.4, -0.2) is 44.0 Å². The second kappa shape index (κ2) is 7.70. The third-order valence-electron chi connectivity index (χ3n) is 2.45. The number of carbonyl (C=O) groups excluding carboxylic acids is 1. The molecule has 1 unspecified atom stereocenters. The molecule has 0 spiro atoms. The van der Waals surface area contributed by atoms with Gasteiger partial charge in [-0.05, 0) is 40.5 Å². The number of rotatable bonds is 7. The molecule has 0 aliphatic heterocycles. The summed E-state index contributed by atoms with van der Waals surface area (Å²) in [6.45, 7) is 13.8. The highest BCUT2D eigenvalue weighted by molar-refractivity contribution is 5.67. The molecule has 19 heavy (non-hydrogen) atoms. The van der Waals surface area contributed by atoms with Crippen molar-refractivity contribution in [3.63, 3.8) is 0 Å². The molecule has 0 aromatic heterocycles. The Morgan fingerprint density at radius 3 is 2.26 bits per heavy atom. The number of alkyl carbamates (subject to hydrolysis) is 1. The van der Waals surface area contributed by atoms with Gasteiger partial charge in [-0.15, -0.1) is 0 Å². The molecule has 0 aromatic carbocycles. The topological polar surface area (TPSA) is 59.6 Å². The number of methoxy groups -OCH3 is 1. The van der Waals surface area contributed by atoms with Gasteiger partial charge in [0.2, 0.25) is 0 Å². The summed E-state index contributed by atoms with van der Waals surface area (Å²) in [5, 5.41) is 6.19. The molecule has 2 N–H and O–H groups in total. The zero-order valence-electron chi connectivity index (χ0n) is 13.4. The maximum absolute atomic E-state index is 11.6. The maximum atomic E-state index is 11.6. The van der Waals surface area contributed by atoms with Crippen LogP contribution in [0.4, 0.5) is 4.79 Å². The first-order valence-corrected chi connectivity index (χ1v) is 6.76. The molecule has 0 bridgehead atoms. The SMILES string of the molecule is COCC(C)CNC(C)(C)CNC(=O)OC(C)(C)C. The van der Waals surface area contributed by atoms with Crippen molar-refractivity contribution in [3.05, 3.63) is 0 Å². The highest BCUT2D eigenvalue weighted by atomic mass is 16.6. The zero-order chi connectivity index (χ0) is 15.1. The van der Waals surface area contributed by atoms with Crippen LogP contribution in [0.2, 0.25) is 0 Å². The van der Waals surface area contributed by atoms with Crippen molar-refractivity contribution in [2.45, 2.75) is 52.7 Å². The Hall–Kier alpha value is -0.810. The molecule has 5 heteroatoms. The van der Waals surface area contributed by atoms with Gasteiger partial charge in [-0.1, -0.05) is 6.92 Å². The zero-order valence-corrected chi connectivity index (χ0v) is 13.4. The third-order valence-corrected chi connectivity index (χ3v) is 2.45. The van der Waals surface area contributed by atoms with Crippen LogP contribution in [0.1, 0.15) is 41.5 Å². The molecule has 0 heterocycles. The quantitative estimate of drug-likeness (QED) is 0.747. The highest BCUT2D eigenvalue weighted by Gasteiger charge is 2.21. The summed E-state index contributed by atoms with van der Waals surface area (Å²) in [5.74, 6) is 0.436. The molecule has 0 aliphatic carbocycles. The smallest absolute Gasteiger partial charge is 0.407 e. The molecule has 0 fully saturated rings. The van der Waals surface area contributed by atoms with E-state index in [0.717, 1.165) is 13.2 Å². The van der Waals surface area contributed by atoms with Gasteiger partial charge in [0.1, 0.15) is 5.60 Å². The van der Waals surface area contributed by atoms with Crippen molar-refractivity contribution < 1.29 is 14.3 Å². The second-order valence-corrected chi connectivity index (χ2v) is 6.68. The van der Waals surface area contributed by atoms with Gasteiger partial charge in [-0.3, -0.25) is 0 Å². The molecule has 0 aliphatic rings. The molecule has 114 valence electrons. The molecule has 0 saturated heterocycles. The van der Waals surface area contributed by atoms with Crippen molar-refractivity contribution >= 4 is 6.09 Å². The number of carbonyl (C=O) groups is 1. The normalized spacial score (nSPS) is 14.1. The lowest BCUT2D eigenvalue weighted by Crippen LogP contribution is -2.51. The molecule has 1 amide bonds. The van der Waals surface area contributed by atoms with E-state index in [1.165, 1.54) is 0 Å². The fourth-order valence-corrected chi connectivity index (χ4v) is 1.46. The van der Waals surface area contributed by atoms with E-state index in [1.54, 1.807) is 7.11 Å². The summed E-state index contributed by atoms with van der Waals surface area (Å²) in [4.78, 5) is 11.6. The molecule has 0 rings (SSSR count). The Morgan fingerprint density at radius 1 is 1.21 bits per heavy atom. The highest BCUT2D eigenvalue weighted by Crippen LogP contribution is 2.07. The fourth-order valence-electron chi connectivity index (χ4n) is 1.46. The van der Waals surface area contributed by atoms with E-state index in [0.29, 0.717) is 12.5 Å². The Kier molecular flexibility index (Phi) is 7.37. The first-order chi connectivity index (χ1) is 8.56. The summed E-state index contributed by atoms with van der Waals surface area (Å²) < 4.78 is 10.3. The standard InChI is InChI=1S/C14H30N2O3/c1-11(9-18-7)8-16-14(5,6)10-15-12(17)19-13(2,3)4/h11,16H,8-10H2,1-7H3,(H,15,17). The van der Waals surface area contributed by atoms with Gasteiger partial charge in [0.15, 0.2) is 0 Å². The van der Waals surface area contributed by atoms with Gasteiger partial charge in [-0.2, -0.15) is 0 Å². The minimum atomic E-state index is -0.464. The predicted molar refractivity (Wildman–Crippen MR) is 77.4 cm³/mol. The van der Waals surface area contributed by atoms with E-state index in [4.69, 9.17) is 9.47 Å². The molecule has 1 atom stereocenters. The molecular formula is C14H30N2O3. The molecule has 0 radical (unpaired) electrons. The lowest BCUT2D eigenvalue weighted by Gasteiger charge is -2.29. The van der Waals surface area contributed by atoms with Crippen LogP contribution >= 0.6 is 0 Å². The van der Waals surface area contributed by atoms with Crippen LogP contribution in [0, 0.1) is 5.92 Å². The van der Waals surface area contributed by atoms with Crippen LogP contribution in [0.3, 0.4) is 0 Å². The fraction of sp³-hybridized carbons (Fsp3) is 0.929. The van der Waals surface area contributed by atoms with Gasteiger partial charge in [0.05, 0.1) is 0 Å². The van der Waals surface area contributed by atoms with Gasteiger partial charge >= 0.3 is 6.09 Å². The van der Waals surface area contributed by atoms with E-state index >= 15 is 0 Å². The first kappa shape index (κ1) is 18.2. The van der Waals surface area contributed by atoms with Gasteiger partial charge < -0.3 is 20.1 Å². The van der Waals surface area contributed by atoms with Crippen LogP contribution in [0.25, 0.3) is 0 Å². The van der Waals surface area contributed by atoms with Crippen molar-refractivity contribution in [1.82, 2.24) is 10.6 Å². The van der Waals surface area contributed by atoms with E-state index < -0.39 is 5.60 Å². The van der Waals surface area contributed by atoms with Crippen molar-refractivity contribution in [1.29, 1.82) is 0 Å². The number of amides is 1. The number of hydrogen-bond acceptors (Lipinski definition) is 4. The Labute approximate surface area is 117 Å². The Morgan fingerprint density at radius 2 is 1.79 bits per heavy atom. The van der Waals surface area contributed by atoms with Crippen LogP contribution in [0.5, 0.6) is 0 Å². The van der Waals surface area contributed by atoms with Crippen molar-refractivity contribution in [2.24, 2.45) is 5.92 Å². The van der Waals surface area contributed by atoms with Gasteiger partial charge in [0.25, 0.3) is 0 Å². The lowest BCUT2D eigenvalue weighted by atomic mass is 10.0. The van der Waals surface area contributed by atoms with Gasteiger partial charge in [-0.25, -0.2) is 4.79 Å². The van der Waals surface area contributed by atoms with Crippen molar-refractivity contribution in [3.8, 4) is 0 Å². The first-order valence-electron chi connectivity index (χ1n) is 6.76. The summed E-state index contributed by atoms with van der Waals surface area (Å²) in [7, 11) is 1.70. The van der Waals surface area contributed by atoms with Crippen LogP contribution < -0.4 is 10.6 Å². The predicted octanol–water partition coefficient (Wildman–Crippen LogP) is 2.16. The van der Waals surface area contributed by atoms with Crippen molar-refractivity contribution in [2.75, 3.05) is 26.8 Å². The summed E-state index contributed by atoms with van der Waals surface area (Å²) >= 11 is 0. The third kappa shape index (κ3) is 10.8. The summed E-state index contributed by atoms with van der Waals surface area (Å²) in [5.41, 5.74) is -0.645. The summed E-state index contributed by atoms with van der Waals surface area (Å²) in [6, 6.07) is 0. The van der Waals surface area contributed by atoms with E-state index in [-0.39, 0.29) is 11.6 Å². The van der Waals surface area contributed by atoms with E-state index in [1.807, 2.05) is 34.6 Å². The van der Waals surface area contributed by atoms with Gasteiger partial charge in [0, 0.05) is 32.3 Å². The molecular weight excluding hydrogens is 244 g/mol. The van der Waals surface area contributed by atoms with Crippen LogP contribution in [0.15, 0.2) is 0 Å². The largest absolute Gasteiger partial charge is 0.444 e. The molecule has 0 saturated carbocycles. The minimum Gasteiger partial charge on any atom is -0.444 e. The monoisotopic (exact) mass is 274 g/mol. The lowest BCUT2D eigenvalue weighted by molar-refractivity contribution is 0.0512. The number of ether oxygens (including phenoxy) is 2. The average molecular weight is 274 g/mol. The average Bonchev–Trinajstić information content (AvgIpc) is 2.22. The molecule has 5 nitrogen and oxygen atoms in total. The second-order valence-electron chi connectivity index (χ2n) is 6.68. The Balaban J connectivity index is 3.99. The summed E-state index contributed by atoms with van der Waals surface area (Å²) in [6.07, 6.45) is -0.382. The van der Waals surface area contributed by atoms with E-state index in [2.05, 4.69) is 17.6 Å². The minimum absolute atomic E-state index is 0.182. The Bertz CT molecular complexity index is 272. The van der Waals surface area contributed by atoms with Crippen LogP contribution in [-0.2, 0) is 9.47 Å². The number of nitrogens with one attached hydrogen (secondary N) is 2. The van der Waals surface area contributed by atoms with E-state index in [9.17, 15) is 4.79 Å².